The first-order valence-corrected chi connectivity index (χ1v) is 19.5. The van der Waals surface area contributed by atoms with Crippen LogP contribution in [0, 0.1) is 29.1 Å². The van der Waals surface area contributed by atoms with Crippen LogP contribution in [0.1, 0.15) is 99.5 Å². The third kappa shape index (κ3) is 11.8. The number of ether oxygens (including phenoxy) is 3. The summed E-state index contributed by atoms with van der Waals surface area (Å²) in [5, 5.41) is 3.23. The summed E-state index contributed by atoms with van der Waals surface area (Å²) in [6.45, 7) is 16.5. The lowest BCUT2D eigenvalue weighted by atomic mass is 9.78. The Morgan fingerprint density at radius 2 is 1.63 bits per heavy atom. The average molecular weight is 746 g/mol. The Kier molecular flexibility index (Phi) is 18.4. The SMILES string of the molecule is CC[C@H](C)[C@@H]([C@@H](CC(=O)N1CCC[C@H]1[C@H](OC)[C@@H](C)C(=S)N[C@@H](Cc1ccccc1)C(=O)OC)OC)N(C)C(=O)[C@@H](CC(=O)C(C)(C)CC)C(C)C. The highest BCUT2D eigenvalue weighted by Crippen LogP contribution is 2.32. The highest BCUT2D eigenvalue weighted by molar-refractivity contribution is 7.80. The normalized spacial score (nSPS) is 18.9. The standard InChI is InChI=1S/C41H67N3O7S/c1-13-27(5)36(43(9)39(47)30(26(3)4)24-34(45)41(7,8)14-2)33(49-10)25-35(46)44-22-18-21-32(44)37(50-11)28(6)38(52)42-31(40(48)51-12)23-29-19-16-15-17-20-29/h15-17,19-20,26-28,30-33,36-37H,13-14,18,21-25H2,1-12H3,(H,42,52)/t27-,28+,30-,31-,32-,33+,36-,37+/m0/s1. The number of hydrogen-bond donors (Lipinski definition) is 1. The predicted octanol–water partition coefficient (Wildman–Crippen LogP) is 6.28. The van der Waals surface area contributed by atoms with Crippen molar-refractivity contribution in [3.63, 3.8) is 0 Å². The van der Waals surface area contributed by atoms with Crippen LogP contribution in [-0.4, -0.2) is 104 Å². The van der Waals surface area contributed by atoms with Crippen molar-refractivity contribution in [2.24, 2.45) is 29.1 Å². The zero-order valence-electron chi connectivity index (χ0n) is 33.9. The number of nitrogens with one attached hydrogen (secondary N) is 1. The van der Waals surface area contributed by atoms with Gasteiger partial charge in [0.15, 0.2) is 0 Å². The van der Waals surface area contributed by atoms with Gasteiger partial charge in [0.05, 0.1) is 42.8 Å². The van der Waals surface area contributed by atoms with Crippen molar-refractivity contribution < 1.29 is 33.4 Å². The summed E-state index contributed by atoms with van der Waals surface area (Å²) in [6.07, 6.45) is 2.72. The Balaban J connectivity index is 2.28. The van der Waals surface area contributed by atoms with Gasteiger partial charge in [-0.2, -0.15) is 0 Å². The van der Waals surface area contributed by atoms with Crippen LogP contribution in [0.25, 0.3) is 0 Å². The minimum absolute atomic E-state index is 0.0329. The van der Waals surface area contributed by atoms with E-state index in [2.05, 4.69) is 19.2 Å². The number of carbonyl (C=O) groups excluding carboxylic acids is 4. The molecule has 0 bridgehead atoms. The minimum Gasteiger partial charge on any atom is -0.467 e. The molecular formula is C41H67N3O7S. The topological polar surface area (TPSA) is 114 Å². The number of thiocarbonyl (C=S) groups is 1. The van der Waals surface area contributed by atoms with Gasteiger partial charge in [-0.25, -0.2) is 4.79 Å². The summed E-state index contributed by atoms with van der Waals surface area (Å²) in [5.74, 6) is -1.29. The van der Waals surface area contributed by atoms with Crippen LogP contribution in [0.3, 0.4) is 0 Å². The molecule has 1 aromatic rings. The van der Waals surface area contributed by atoms with Crippen LogP contribution >= 0.6 is 12.2 Å². The lowest BCUT2D eigenvalue weighted by Gasteiger charge is -2.41. The Morgan fingerprint density at radius 3 is 2.15 bits per heavy atom. The lowest BCUT2D eigenvalue weighted by Crippen LogP contribution is -2.54. The maximum Gasteiger partial charge on any atom is 0.328 e. The molecular weight excluding hydrogens is 679 g/mol. The van der Waals surface area contributed by atoms with Crippen molar-refractivity contribution in [1.29, 1.82) is 0 Å². The lowest BCUT2D eigenvalue weighted by molar-refractivity contribution is -0.149. The van der Waals surface area contributed by atoms with Gasteiger partial charge in [0.1, 0.15) is 11.8 Å². The van der Waals surface area contributed by atoms with E-state index in [9.17, 15) is 19.2 Å². The van der Waals surface area contributed by atoms with Crippen LogP contribution < -0.4 is 5.32 Å². The molecule has 1 fully saturated rings. The Hall–Kier alpha value is -2.89. The van der Waals surface area contributed by atoms with Gasteiger partial charge in [0, 0.05) is 57.9 Å². The van der Waals surface area contributed by atoms with Crippen LogP contribution in [0.15, 0.2) is 30.3 Å². The maximum absolute atomic E-state index is 14.2. The van der Waals surface area contributed by atoms with Crippen LogP contribution in [0.5, 0.6) is 0 Å². The van der Waals surface area contributed by atoms with Gasteiger partial charge in [-0.3, -0.25) is 14.4 Å². The molecule has 1 saturated heterocycles. The molecule has 1 N–H and O–H groups in total. The van der Waals surface area contributed by atoms with E-state index in [-0.39, 0.29) is 60.3 Å². The fraction of sp³-hybridized carbons (Fsp3) is 0.732. The van der Waals surface area contributed by atoms with Crippen molar-refractivity contribution in [1.82, 2.24) is 15.1 Å². The number of esters is 1. The van der Waals surface area contributed by atoms with Gasteiger partial charge >= 0.3 is 5.97 Å². The number of methoxy groups -OCH3 is 3. The molecule has 2 rings (SSSR count). The van der Waals surface area contributed by atoms with E-state index < -0.39 is 35.6 Å². The molecule has 0 radical (unpaired) electrons. The van der Waals surface area contributed by atoms with Crippen molar-refractivity contribution in [3.05, 3.63) is 35.9 Å². The molecule has 8 atom stereocenters. The molecule has 1 aliphatic heterocycles. The van der Waals surface area contributed by atoms with Gasteiger partial charge < -0.3 is 29.3 Å². The quantitative estimate of drug-likeness (QED) is 0.115. The maximum atomic E-state index is 14.2. The summed E-state index contributed by atoms with van der Waals surface area (Å²) in [5.41, 5.74) is 0.472. The molecule has 0 aromatic heterocycles. The third-order valence-electron chi connectivity index (χ3n) is 11.5. The van der Waals surface area contributed by atoms with E-state index in [1.165, 1.54) is 7.11 Å². The third-order valence-corrected chi connectivity index (χ3v) is 12.0. The number of nitrogens with zero attached hydrogens (tertiary/aromatic N) is 2. The molecule has 1 aromatic carbocycles. The molecule has 52 heavy (non-hydrogen) atoms. The van der Waals surface area contributed by atoms with Crippen LogP contribution in [0.4, 0.5) is 0 Å². The second-order valence-corrected chi connectivity index (χ2v) is 16.0. The molecule has 0 spiro atoms. The first kappa shape index (κ1) is 45.3. The van der Waals surface area contributed by atoms with E-state index in [4.69, 9.17) is 26.4 Å². The van der Waals surface area contributed by atoms with E-state index in [1.807, 2.05) is 76.8 Å². The van der Waals surface area contributed by atoms with Crippen LogP contribution in [-0.2, 0) is 39.8 Å². The molecule has 1 aliphatic rings. The molecule has 10 nitrogen and oxygen atoms in total. The number of ketones is 1. The fourth-order valence-electron chi connectivity index (χ4n) is 7.34. The number of rotatable bonds is 21. The monoisotopic (exact) mass is 745 g/mol. The van der Waals surface area contributed by atoms with Gasteiger partial charge in [-0.05, 0) is 36.7 Å². The summed E-state index contributed by atoms with van der Waals surface area (Å²) < 4.78 is 17.2. The van der Waals surface area contributed by atoms with Gasteiger partial charge in [-0.15, -0.1) is 0 Å². The molecule has 0 unspecified atom stereocenters. The molecule has 2 amide bonds. The minimum atomic E-state index is -0.674. The zero-order chi connectivity index (χ0) is 39.3. The van der Waals surface area contributed by atoms with Gasteiger partial charge in [0.25, 0.3) is 0 Å². The largest absolute Gasteiger partial charge is 0.467 e. The number of likely N-dealkylation sites (N-methyl/N-ethyl adjacent to an activating group) is 1. The molecule has 1 heterocycles. The number of hydrogen-bond acceptors (Lipinski definition) is 8. The average Bonchev–Trinajstić information content (AvgIpc) is 3.62. The van der Waals surface area contributed by atoms with Crippen LogP contribution in [0.2, 0.25) is 0 Å². The van der Waals surface area contributed by atoms with E-state index >= 15 is 0 Å². The molecule has 0 aliphatic carbocycles. The van der Waals surface area contributed by atoms with Gasteiger partial charge in [-0.1, -0.05) is 104 Å². The second kappa shape index (κ2) is 21.1. The molecule has 294 valence electrons. The van der Waals surface area contributed by atoms with E-state index in [0.29, 0.717) is 24.4 Å². The first-order chi connectivity index (χ1) is 24.5. The fourth-order valence-corrected chi connectivity index (χ4v) is 7.61. The Morgan fingerprint density at radius 1 is 1.00 bits per heavy atom. The predicted molar refractivity (Wildman–Crippen MR) is 210 cm³/mol. The van der Waals surface area contributed by atoms with Crippen molar-refractivity contribution >= 4 is 40.8 Å². The zero-order valence-corrected chi connectivity index (χ0v) is 34.7. The van der Waals surface area contributed by atoms with E-state index in [1.54, 1.807) is 26.2 Å². The second-order valence-electron chi connectivity index (χ2n) is 15.6. The molecule has 11 heteroatoms. The van der Waals surface area contributed by atoms with Gasteiger partial charge in [0.2, 0.25) is 11.8 Å². The Bertz CT molecular complexity index is 1320. The summed E-state index contributed by atoms with van der Waals surface area (Å²) in [6, 6.07) is 8.38. The highest BCUT2D eigenvalue weighted by Gasteiger charge is 2.43. The molecule has 0 saturated carbocycles. The Labute approximate surface area is 319 Å². The van der Waals surface area contributed by atoms with Crippen molar-refractivity contribution in [2.75, 3.05) is 34.9 Å². The summed E-state index contributed by atoms with van der Waals surface area (Å²) >= 11 is 5.85. The number of carbonyl (C=O) groups is 4. The smallest absolute Gasteiger partial charge is 0.328 e. The number of amides is 2. The number of Topliss-reactive ketones (excluding diaryl/α,β-unsaturated/α-hetero) is 1. The first-order valence-electron chi connectivity index (χ1n) is 19.1. The van der Waals surface area contributed by atoms with Crippen molar-refractivity contribution in [2.45, 2.75) is 131 Å². The van der Waals surface area contributed by atoms with Crippen molar-refractivity contribution in [3.8, 4) is 0 Å². The summed E-state index contributed by atoms with van der Waals surface area (Å²) in [7, 11) is 6.37. The highest BCUT2D eigenvalue weighted by atomic mass is 32.1. The number of likely N-dealkylation sites (tertiary alicyclic amines) is 1. The van der Waals surface area contributed by atoms with E-state index in [0.717, 1.165) is 24.8 Å². The number of benzene rings is 1. The summed E-state index contributed by atoms with van der Waals surface area (Å²) in [4.78, 5) is 58.5.